The maximum atomic E-state index is 8.69. The SMILES string of the molecule is CN(c1cccnc1)c1ncc(C#N)s1. The first-order chi connectivity index (χ1) is 7.31. The Labute approximate surface area is 91.5 Å². The van der Waals surface area contributed by atoms with Crippen LogP contribution in [0, 0.1) is 11.3 Å². The minimum atomic E-state index is 0.612. The van der Waals surface area contributed by atoms with Crippen LogP contribution in [0.2, 0.25) is 0 Å². The zero-order valence-electron chi connectivity index (χ0n) is 8.08. The number of pyridine rings is 1. The molecule has 0 fully saturated rings. The van der Waals surface area contributed by atoms with Gasteiger partial charge in [-0.3, -0.25) is 4.98 Å². The molecule has 0 saturated carbocycles. The van der Waals surface area contributed by atoms with E-state index < -0.39 is 0 Å². The third-order valence-electron chi connectivity index (χ3n) is 1.92. The van der Waals surface area contributed by atoms with E-state index >= 15 is 0 Å². The molecule has 2 rings (SSSR count). The average Bonchev–Trinajstić information content (AvgIpc) is 2.78. The Morgan fingerprint density at radius 2 is 2.33 bits per heavy atom. The number of hydrogen-bond donors (Lipinski definition) is 0. The van der Waals surface area contributed by atoms with Crippen LogP contribution >= 0.6 is 11.3 Å². The van der Waals surface area contributed by atoms with E-state index in [1.807, 2.05) is 24.1 Å². The van der Waals surface area contributed by atoms with Crippen molar-refractivity contribution in [2.24, 2.45) is 0 Å². The van der Waals surface area contributed by atoms with Gasteiger partial charge in [0, 0.05) is 13.2 Å². The van der Waals surface area contributed by atoms with Gasteiger partial charge in [0.05, 0.1) is 18.1 Å². The minimum Gasteiger partial charge on any atom is -0.319 e. The number of aromatic nitrogens is 2. The topological polar surface area (TPSA) is 52.8 Å². The monoisotopic (exact) mass is 216 g/mol. The third kappa shape index (κ3) is 1.95. The summed E-state index contributed by atoms with van der Waals surface area (Å²) in [6, 6.07) is 5.88. The van der Waals surface area contributed by atoms with Gasteiger partial charge in [0.15, 0.2) is 5.13 Å². The Kier molecular flexibility index (Phi) is 2.61. The van der Waals surface area contributed by atoms with Gasteiger partial charge in [-0.2, -0.15) is 5.26 Å². The van der Waals surface area contributed by atoms with Crippen molar-refractivity contribution in [3.8, 4) is 6.07 Å². The van der Waals surface area contributed by atoms with E-state index in [0.717, 1.165) is 10.8 Å². The summed E-state index contributed by atoms with van der Waals surface area (Å²) in [7, 11) is 1.90. The quantitative estimate of drug-likeness (QED) is 0.772. The summed E-state index contributed by atoms with van der Waals surface area (Å²) in [6.45, 7) is 0. The van der Waals surface area contributed by atoms with Crippen LogP contribution in [0.25, 0.3) is 0 Å². The van der Waals surface area contributed by atoms with Crippen molar-refractivity contribution in [2.45, 2.75) is 0 Å². The highest BCUT2D eigenvalue weighted by atomic mass is 32.1. The second-order valence-electron chi connectivity index (χ2n) is 2.89. The van der Waals surface area contributed by atoms with Gasteiger partial charge < -0.3 is 4.90 Å². The van der Waals surface area contributed by atoms with E-state index in [9.17, 15) is 0 Å². The van der Waals surface area contributed by atoms with E-state index in [-0.39, 0.29) is 0 Å². The largest absolute Gasteiger partial charge is 0.319 e. The highest BCUT2D eigenvalue weighted by Crippen LogP contribution is 2.26. The molecule has 0 radical (unpaired) electrons. The normalized spacial score (nSPS) is 9.60. The van der Waals surface area contributed by atoms with Crippen LogP contribution in [-0.4, -0.2) is 17.0 Å². The molecule has 0 atom stereocenters. The average molecular weight is 216 g/mol. The van der Waals surface area contributed by atoms with Crippen molar-refractivity contribution in [3.63, 3.8) is 0 Å². The Morgan fingerprint density at radius 1 is 1.47 bits per heavy atom. The fraction of sp³-hybridized carbons (Fsp3) is 0.100. The molecular weight excluding hydrogens is 208 g/mol. The van der Waals surface area contributed by atoms with E-state index in [2.05, 4.69) is 16.0 Å². The summed E-state index contributed by atoms with van der Waals surface area (Å²) in [5.74, 6) is 0. The molecule has 2 aromatic heterocycles. The van der Waals surface area contributed by atoms with Crippen molar-refractivity contribution in [1.29, 1.82) is 5.26 Å². The van der Waals surface area contributed by atoms with E-state index in [1.165, 1.54) is 11.3 Å². The summed E-state index contributed by atoms with van der Waals surface area (Å²) in [4.78, 5) is 10.7. The molecule has 74 valence electrons. The molecule has 4 nitrogen and oxygen atoms in total. The molecule has 0 aromatic carbocycles. The van der Waals surface area contributed by atoms with Gasteiger partial charge in [0.2, 0.25) is 0 Å². The summed E-state index contributed by atoms with van der Waals surface area (Å²) >= 11 is 1.36. The first kappa shape index (κ1) is 9.62. The zero-order valence-corrected chi connectivity index (χ0v) is 8.90. The third-order valence-corrected chi connectivity index (χ3v) is 2.90. The Bertz CT molecular complexity index is 486. The predicted molar refractivity (Wildman–Crippen MR) is 59.1 cm³/mol. The lowest BCUT2D eigenvalue weighted by Crippen LogP contribution is -2.08. The molecule has 0 amide bonds. The molecule has 15 heavy (non-hydrogen) atoms. The number of nitriles is 1. The van der Waals surface area contributed by atoms with Gasteiger partial charge in [0.25, 0.3) is 0 Å². The minimum absolute atomic E-state index is 0.612. The number of rotatable bonds is 2. The molecule has 5 heteroatoms. The maximum absolute atomic E-state index is 8.69. The van der Waals surface area contributed by atoms with Crippen molar-refractivity contribution in [3.05, 3.63) is 35.6 Å². The van der Waals surface area contributed by atoms with Gasteiger partial charge in [0.1, 0.15) is 10.9 Å². The highest BCUT2D eigenvalue weighted by molar-refractivity contribution is 7.16. The molecule has 0 aliphatic carbocycles. The summed E-state index contributed by atoms with van der Waals surface area (Å²) in [5, 5.41) is 9.48. The predicted octanol–water partition coefficient (Wildman–Crippen LogP) is 2.18. The fourth-order valence-corrected chi connectivity index (χ4v) is 1.83. The lowest BCUT2D eigenvalue weighted by molar-refractivity contribution is 1.15. The number of thiazole rings is 1. The van der Waals surface area contributed by atoms with Gasteiger partial charge in [-0.05, 0) is 12.1 Å². The summed E-state index contributed by atoms with van der Waals surface area (Å²) in [5.41, 5.74) is 0.955. The van der Waals surface area contributed by atoms with Crippen molar-refractivity contribution >= 4 is 22.2 Å². The molecule has 0 N–H and O–H groups in total. The fourth-order valence-electron chi connectivity index (χ4n) is 1.13. The van der Waals surface area contributed by atoms with Crippen LogP contribution in [-0.2, 0) is 0 Å². The van der Waals surface area contributed by atoms with Crippen molar-refractivity contribution in [1.82, 2.24) is 9.97 Å². The number of anilines is 2. The van der Waals surface area contributed by atoms with Gasteiger partial charge >= 0.3 is 0 Å². The molecule has 0 unspecified atom stereocenters. The Morgan fingerprint density at radius 3 is 2.93 bits per heavy atom. The first-order valence-corrected chi connectivity index (χ1v) is 5.12. The van der Waals surface area contributed by atoms with Gasteiger partial charge in [-0.25, -0.2) is 4.98 Å². The Balaban J connectivity index is 2.29. The molecule has 0 aliphatic heterocycles. The smallest absolute Gasteiger partial charge is 0.190 e. The second kappa shape index (κ2) is 4.07. The van der Waals surface area contributed by atoms with Crippen LogP contribution in [0.4, 0.5) is 10.8 Å². The standard InChI is InChI=1S/C10H8N4S/c1-14(8-3-2-4-12-6-8)10-13-7-9(5-11)15-10/h2-4,6-7H,1H3. The number of hydrogen-bond acceptors (Lipinski definition) is 5. The van der Waals surface area contributed by atoms with Crippen LogP contribution in [0.1, 0.15) is 4.88 Å². The van der Waals surface area contributed by atoms with Crippen LogP contribution < -0.4 is 4.90 Å². The zero-order chi connectivity index (χ0) is 10.7. The lowest BCUT2D eigenvalue weighted by atomic mass is 10.4. The summed E-state index contributed by atoms with van der Waals surface area (Å²) in [6.07, 6.45) is 5.06. The van der Waals surface area contributed by atoms with Crippen molar-refractivity contribution in [2.75, 3.05) is 11.9 Å². The van der Waals surface area contributed by atoms with E-state index in [1.54, 1.807) is 18.6 Å². The van der Waals surface area contributed by atoms with Crippen LogP contribution in [0.3, 0.4) is 0 Å². The lowest BCUT2D eigenvalue weighted by Gasteiger charge is -2.14. The molecule has 0 aliphatic rings. The molecule has 0 spiro atoms. The van der Waals surface area contributed by atoms with E-state index in [4.69, 9.17) is 5.26 Å². The molecule has 2 heterocycles. The van der Waals surface area contributed by atoms with Crippen LogP contribution in [0.15, 0.2) is 30.7 Å². The molecular formula is C10H8N4S. The molecule has 2 aromatic rings. The maximum Gasteiger partial charge on any atom is 0.190 e. The first-order valence-electron chi connectivity index (χ1n) is 4.31. The highest BCUT2D eigenvalue weighted by Gasteiger charge is 2.08. The summed E-state index contributed by atoms with van der Waals surface area (Å²) < 4.78 is 0. The second-order valence-corrected chi connectivity index (χ2v) is 3.90. The molecule has 0 saturated heterocycles. The van der Waals surface area contributed by atoms with E-state index in [0.29, 0.717) is 4.88 Å². The van der Waals surface area contributed by atoms with Crippen molar-refractivity contribution < 1.29 is 0 Å². The van der Waals surface area contributed by atoms with Gasteiger partial charge in [-0.15, -0.1) is 0 Å². The van der Waals surface area contributed by atoms with Crippen LogP contribution in [0.5, 0.6) is 0 Å². The number of nitrogens with zero attached hydrogens (tertiary/aromatic N) is 4. The molecule has 0 bridgehead atoms. The van der Waals surface area contributed by atoms with Gasteiger partial charge in [-0.1, -0.05) is 11.3 Å². The Hall–Kier alpha value is -1.93.